The largest absolute Gasteiger partial charge is 0.385 e. The van der Waals surface area contributed by atoms with E-state index in [4.69, 9.17) is 0 Å². The zero-order chi connectivity index (χ0) is 11.1. The molecule has 2 rings (SSSR count). The fraction of sp³-hybridized carbons (Fsp3) is 0.692. The summed E-state index contributed by atoms with van der Waals surface area (Å²) >= 11 is 1.74. The molecule has 1 saturated carbocycles. The number of hydrogen-bond donors (Lipinski definition) is 1. The van der Waals surface area contributed by atoms with Crippen molar-refractivity contribution in [1.82, 2.24) is 0 Å². The third kappa shape index (κ3) is 1.85. The van der Waals surface area contributed by atoms with Crippen LogP contribution in [-0.2, 0) is 5.60 Å². The molecule has 1 aromatic heterocycles. The zero-order valence-corrected chi connectivity index (χ0v) is 10.6. The maximum atomic E-state index is 10.9. The van der Waals surface area contributed by atoms with Crippen LogP contribution >= 0.6 is 11.3 Å². The first-order valence-electron chi connectivity index (χ1n) is 5.81. The monoisotopic (exact) mass is 224 g/mol. The Morgan fingerprint density at radius 2 is 2.13 bits per heavy atom. The Morgan fingerprint density at radius 3 is 2.73 bits per heavy atom. The van der Waals surface area contributed by atoms with E-state index in [2.05, 4.69) is 32.2 Å². The molecule has 0 saturated heterocycles. The molecule has 0 amide bonds. The molecule has 0 radical (unpaired) electrons. The molecule has 1 aliphatic carbocycles. The van der Waals surface area contributed by atoms with Gasteiger partial charge in [0.05, 0.1) is 5.60 Å². The van der Waals surface area contributed by atoms with E-state index >= 15 is 0 Å². The number of thiophene rings is 1. The van der Waals surface area contributed by atoms with E-state index in [1.165, 1.54) is 16.9 Å². The van der Waals surface area contributed by atoms with Gasteiger partial charge in [-0.3, -0.25) is 0 Å². The lowest BCUT2D eigenvalue weighted by molar-refractivity contribution is -0.0628. The standard InChI is InChI=1S/C13H20OS/c1-9-4-5-10(2)13(14,8-9)12-6-7-15-11(12)3/h6-7,9-10,14H,4-5,8H2,1-3H3. The third-order valence-electron chi connectivity index (χ3n) is 3.89. The van der Waals surface area contributed by atoms with E-state index in [1.54, 1.807) is 11.3 Å². The number of aryl methyl sites for hydroxylation is 1. The van der Waals surface area contributed by atoms with E-state index in [-0.39, 0.29) is 0 Å². The van der Waals surface area contributed by atoms with E-state index < -0.39 is 5.60 Å². The van der Waals surface area contributed by atoms with Crippen LogP contribution in [0.25, 0.3) is 0 Å². The molecule has 0 spiro atoms. The van der Waals surface area contributed by atoms with Crippen molar-refractivity contribution in [3.8, 4) is 0 Å². The summed E-state index contributed by atoms with van der Waals surface area (Å²) in [6.45, 7) is 6.55. The van der Waals surface area contributed by atoms with Crippen LogP contribution in [-0.4, -0.2) is 5.11 Å². The van der Waals surface area contributed by atoms with Crippen molar-refractivity contribution in [3.05, 3.63) is 21.9 Å². The number of aliphatic hydroxyl groups is 1. The van der Waals surface area contributed by atoms with Crippen LogP contribution in [0.4, 0.5) is 0 Å². The SMILES string of the molecule is Cc1sccc1C1(O)CC(C)CCC1C. The summed E-state index contributed by atoms with van der Waals surface area (Å²) in [6, 6.07) is 2.11. The average Bonchev–Trinajstić information content (AvgIpc) is 2.59. The van der Waals surface area contributed by atoms with Gasteiger partial charge in [-0.1, -0.05) is 20.3 Å². The number of hydrogen-bond acceptors (Lipinski definition) is 2. The van der Waals surface area contributed by atoms with Gasteiger partial charge in [-0.15, -0.1) is 11.3 Å². The van der Waals surface area contributed by atoms with Gasteiger partial charge >= 0.3 is 0 Å². The van der Waals surface area contributed by atoms with Gasteiger partial charge < -0.3 is 5.11 Å². The van der Waals surface area contributed by atoms with Crippen LogP contribution in [0.5, 0.6) is 0 Å². The van der Waals surface area contributed by atoms with E-state index in [9.17, 15) is 5.11 Å². The van der Waals surface area contributed by atoms with Crippen LogP contribution < -0.4 is 0 Å². The van der Waals surface area contributed by atoms with Crippen molar-refractivity contribution in [3.63, 3.8) is 0 Å². The third-order valence-corrected chi connectivity index (χ3v) is 4.74. The lowest BCUT2D eigenvalue weighted by atomic mass is 9.69. The van der Waals surface area contributed by atoms with Gasteiger partial charge in [0.1, 0.15) is 0 Å². The fourth-order valence-corrected chi connectivity index (χ4v) is 3.60. The van der Waals surface area contributed by atoms with Crippen molar-refractivity contribution in [2.75, 3.05) is 0 Å². The Kier molecular flexibility index (Phi) is 2.91. The highest BCUT2D eigenvalue weighted by atomic mass is 32.1. The van der Waals surface area contributed by atoms with Gasteiger partial charge in [0, 0.05) is 4.88 Å². The van der Waals surface area contributed by atoms with Crippen molar-refractivity contribution < 1.29 is 5.11 Å². The van der Waals surface area contributed by atoms with Crippen LogP contribution in [0, 0.1) is 18.8 Å². The van der Waals surface area contributed by atoms with Crippen molar-refractivity contribution in [1.29, 1.82) is 0 Å². The second-order valence-electron chi connectivity index (χ2n) is 5.10. The fourth-order valence-electron chi connectivity index (χ4n) is 2.82. The second-order valence-corrected chi connectivity index (χ2v) is 6.22. The summed E-state index contributed by atoms with van der Waals surface area (Å²) in [5, 5.41) is 12.9. The molecule has 1 aliphatic rings. The highest BCUT2D eigenvalue weighted by Crippen LogP contribution is 2.45. The smallest absolute Gasteiger partial charge is 0.0935 e. The summed E-state index contributed by atoms with van der Waals surface area (Å²) in [7, 11) is 0. The minimum absolute atomic E-state index is 0.391. The van der Waals surface area contributed by atoms with Crippen LogP contribution in [0.1, 0.15) is 43.6 Å². The molecular formula is C13H20OS. The summed E-state index contributed by atoms with van der Waals surface area (Å²) in [6.07, 6.45) is 3.32. The predicted octanol–water partition coefficient (Wildman–Crippen LogP) is 3.70. The molecule has 1 heterocycles. The zero-order valence-electron chi connectivity index (χ0n) is 9.79. The first-order valence-corrected chi connectivity index (χ1v) is 6.69. The Bertz CT molecular complexity index is 344. The molecule has 1 N–H and O–H groups in total. The first-order chi connectivity index (χ1) is 7.04. The Labute approximate surface area is 96.1 Å². The summed E-state index contributed by atoms with van der Waals surface area (Å²) in [5.74, 6) is 1.03. The molecule has 3 unspecified atom stereocenters. The Hall–Kier alpha value is -0.340. The van der Waals surface area contributed by atoms with Crippen molar-refractivity contribution in [2.45, 2.75) is 45.6 Å². The molecule has 1 nitrogen and oxygen atoms in total. The summed E-state index contributed by atoms with van der Waals surface area (Å²) < 4.78 is 0. The molecule has 0 aliphatic heterocycles. The predicted molar refractivity (Wildman–Crippen MR) is 65.1 cm³/mol. The minimum Gasteiger partial charge on any atom is -0.385 e. The Morgan fingerprint density at radius 1 is 1.40 bits per heavy atom. The first kappa shape index (κ1) is 11.2. The summed E-state index contributed by atoms with van der Waals surface area (Å²) in [4.78, 5) is 1.28. The molecule has 15 heavy (non-hydrogen) atoms. The molecular weight excluding hydrogens is 204 g/mol. The van der Waals surface area contributed by atoms with Gasteiger partial charge in [0.2, 0.25) is 0 Å². The van der Waals surface area contributed by atoms with Crippen LogP contribution in [0.15, 0.2) is 11.4 Å². The second kappa shape index (κ2) is 3.91. The van der Waals surface area contributed by atoms with E-state index in [1.807, 2.05) is 0 Å². The molecule has 0 aromatic carbocycles. The highest BCUT2D eigenvalue weighted by molar-refractivity contribution is 7.10. The van der Waals surface area contributed by atoms with Gasteiger partial charge in [0.15, 0.2) is 0 Å². The summed E-state index contributed by atoms with van der Waals surface area (Å²) in [5.41, 5.74) is 0.605. The topological polar surface area (TPSA) is 20.2 Å². The van der Waals surface area contributed by atoms with E-state index in [0.29, 0.717) is 11.8 Å². The lowest BCUT2D eigenvalue weighted by Crippen LogP contribution is -2.39. The van der Waals surface area contributed by atoms with Gasteiger partial charge in [-0.25, -0.2) is 0 Å². The number of rotatable bonds is 1. The molecule has 0 bridgehead atoms. The van der Waals surface area contributed by atoms with E-state index in [0.717, 1.165) is 12.8 Å². The van der Waals surface area contributed by atoms with Gasteiger partial charge in [-0.05, 0) is 48.6 Å². The molecule has 84 valence electrons. The van der Waals surface area contributed by atoms with Crippen LogP contribution in [0.3, 0.4) is 0 Å². The quantitative estimate of drug-likeness (QED) is 0.771. The minimum atomic E-state index is -0.568. The highest BCUT2D eigenvalue weighted by Gasteiger charge is 2.41. The van der Waals surface area contributed by atoms with Gasteiger partial charge in [-0.2, -0.15) is 0 Å². The van der Waals surface area contributed by atoms with Crippen molar-refractivity contribution in [2.24, 2.45) is 11.8 Å². The van der Waals surface area contributed by atoms with Crippen molar-refractivity contribution >= 4 is 11.3 Å². The van der Waals surface area contributed by atoms with Gasteiger partial charge in [0.25, 0.3) is 0 Å². The molecule has 3 atom stereocenters. The molecule has 2 heteroatoms. The maximum Gasteiger partial charge on any atom is 0.0935 e. The average molecular weight is 224 g/mol. The lowest BCUT2D eigenvalue weighted by Gasteiger charge is -2.41. The molecule has 1 aromatic rings. The van der Waals surface area contributed by atoms with Crippen LogP contribution in [0.2, 0.25) is 0 Å². The normalized spacial score (nSPS) is 36.8. The maximum absolute atomic E-state index is 10.9. The Balaban J connectivity index is 2.35. The molecule has 1 fully saturated rings.